The fourth-order valence-corrected chi connectivity index (χ4v) is 2.13. The number of rotatable bonds is 8. The summed E-state index contributed by atoms with van der Waals surface area (Å²) in [7, 11) is 0. The van der Waals surface area contributed by atoms with Gasteiger partial charge in [-0.2, -0.15) is 23.5 Å². The monoisotopic (exact) mass is 336 g/mol. The van der Waals surface area contributed by atoms with Gasteiger partial charge in [0.1, 0.15) is 11.6 Å². The van der Waals surface area contributed by atoms with Crippen molar-refractivity contribution in [1.82, 2.24) is 10.6 Å². The molecule has 2 N–H and O–H groups in total. The van der Waals surface area contributed by atoms with Crippen LogP contribution in [0.2, 0.25) is 0 Å². The molecule has 0 aliphatic carbocycles. The molecule has 2 atom stereocenters. The summed E-state index contributed by atoms with van der Waals surface area (Å²) in [5.74, 6) is 0.641. The number of amides is 2. The number of hydrogen-bond donors (Lipinski definition) is 2. The molecule has 0 heterocycles. The van der Waals surface area contributed by atoms with Crippen LogP contribution in [0.15, 0.2) is 0 Å². The first-order valence-electron chi connectivity index (χ1n) is 6.98. The van der Waals surface area contributed by atoms with E-state index in [0.717, 1.165) is 5.75 Å². The van der Waals surface area contributed by atoms with Gasteiger partial charge in [-0.05, 0) is 45.5 Å². The van der Waals surface area contributed by atoms with Crippen molar-refractivity contribution < 1.29 is 14.3 Å². The van der Waals surface area contributed by atoms with Crippen molar-refractivity contribution >= 4 is 35.5 Å². The van der Waals surface area contributed by atoms with Crippen molar-refractivity contribution in [3.05, 3.63) is 0 Å². The van der Waals surface area contributed by atoms with Gasteiger partial charge >= 0.3 is 6.09 Å². The average Bonchev–Trinajstić information content (AvgIpc) is 2.38. The summed E-state index contributed by atoms with van der Waals surface area (Å²) in [4.78, 5) is 24.0. The van der Waals surface area contributed by atoms with E-state index in [9.17, 15) is 9.59 Å². The van der Waals surface area contributed by atoms with E-state index in [1.165, 1.54) is 0 Å². The van der Waals surface area contributed by atoms with Gasteiger partial charge in [-0.3, -0.25) is 4.79 Å². The van der Waals surface area contributed by atoms with Gasteiger partial charge in [-0.1, -0.05) is 6.92 Å². The van der Waals surface area contributed by atoms with E-state index in [4.69, 9.17) is 4.74 Å². The number of alkyl carbamates (subject to hydrolysis) is 1. The molecule has 5 nitrogen and oxygen atoms in total. The molecule has 0 radical (unpaired) electrons. The summed E-state index contributed by atoms with van der Waals surface area (Å²) in [5.41, 5.74) is -0.571. The van der Waals surface area contributed by atoms with Crippen LogP contribution < -0.4 is 10.6 Å². The van der Waals surface area contributed by atoms with E-state index in [0.29, 0.717) is 18.2 Å². The molecule has 2 unspecified atom stereocenters. The summed E-state index contributed by atoms with van der Waals surface area (Å²) in [6, 6.07) is -0.554. The second-order valence-corrected chi connectivity index (χ2v) is 8.03. The molecule has 0 spiro atoms. The van der Waals surface area contributed by atoms with Gasteiger partial charge in [0.05, 0.1) is 0 Å². The molecule has 21 heavy (non-hydrogen) atoms. The zero-order valence-electron chi connectivity index (χ0n) is 13.8. The van der Waals surface area contributed by atoms with Crippen molar-refractivity contribution in [2.75, 3.05) is 24.8 Å². The predicted molar refractivity (Wildman–Crippen MR) is 92.1 cm³/mol. The molecule has 0 bridgehead atoms. The lowest BCUT2D eigenvalue weighted by molar-refractivity contribution is -0.123. The Morgan fingerprint density at radius 3 is 2.33 bits per heavy atom. The van der Waals surface area contributed by atoms with E-state index in [1.54, 1.807) is 44.3 Å². The first kappa shape index (κ1) is 20.4. The van der Waals surface area contributed by atoms with Crippen molar-refractivity contribution in [1.29, 1.82) is 0 Å². The number of ether oxygens (including phenoxy) is 1. The molecule has 0 aliphatic rings. The normalized spacial score (nSPS) is 14.2. The molecule has 2 amide bonds. The molecule has 0 aromatic heterocycles. The number of hydrogen-bond acceptors (Lipinski definition) is 5. The SMILES string of the molecule is CSCCC(NC(=O)OC(C)(C)C)C(=O)NCC(C)SC. The lowest BCUT2D eigenvalue weighted by Crippen LogP contribution is -2.49. The van der Waals surface area contributed by atoms with Crippen molar-refractivity contribution in [3.63, 3.8) is 0 Å². The van der Waals surface area contributed by atoms with Gasteiger partial charge in [0, 0.05) is 11.8 Å². The zero-order chi connectivity index (χ0) is 16.5. The van der Waals surface area contributed by atoms with E-state index >= 15 is 0 Å². The topological polar surface area (TPSA) is 67.4 Å². The Morgan fingerprint density at radius 2 is 1.86 bits per heavy atom. The smallest absolute Gasteiger partial charge is 0.408 e. The molecule has 0 aromatic rings. The Morgan fingerprint density at radius 1 is 1.24 bits per heavy atom. The van der Waals surface area contributed by atoms with Crippen LogP contribution in [0.5, 0.6) is 0 Å². The van der Waals surface area contributed by atoms with Gasteiger partial charge in [0.25, 0.3) is 0 Å². The molecule has 0 saturated carbocycles. The minimum Gasteiger partial charge on any atom is -0.444 e. The predicted octanol–water partition coefficient (Wildman–Crippen LogP) is 2.50. The summed E-state index contributed by atoms with van der Waals surface area (Å²) < 4.78 is 5.20. The first-order chi connectivity index (χ1) is 9.69. The van der Waals surface area contributed by atoms with Gasteiger partial charge in [-0.15, -0.1) is 0 Å². The molecule has 124 valence electrons. The molecular weight excluding hydrogens is 308 g/mol. The third-order valence-corrected chi connectivity index (χ3v) is 4.20. The maximum Gasteiger partial charge on any atom is 0.408 e. The van der Waals surface area contributed by atoms with Gasteiger partial charge in [-0.25, -0.2) is 4.79 Å². The van der Waals surface area contributed by atoms with Crippen LogP contribution in [0.25, 0.3) is 0 Å². The Balaban J connectivity index is 4.49. The number of thioether (sulfide) groups is 2. The summed E-state index contributed by atoms with van der Waals surface area (Å²) in [6.07, 6.45) is 4.00. The molecule has 0 rings (SSSR count). The van der Waals surface area contributed by atoms with Crippen molar-refractivity contribution in [2.45, 2.75) is 51.0 Å². The Kier molecular flexibility index (Phi) is 9.94. The maximum absolute atomic E-state index is 12.2. The molecular formula is C14H28N2O3S2. The molecule has 7 heteroatoms. The van der Waals surface area contributed by atoms with Crippen molar-refractivity contribution in [3.8, 4) is 0 Å². The van der Waals surface area contributed by atoms with E-state index in [1.807, 2.05) is 19.4 Å². The number of carbonyl (C=O) groups is 2. The van der Waals surface area contributed by atoms with Crippen LogP contribution >= 0.6 is 23.5 Å². The van der Waals surface area contributed by atoms with E-state index in [2.05, 4.69) is 10.6 Å². The van der Waals surface area contributed by atoms with E-state index < -0.39 is 17.7 Å². The summed E-state index contributed by atoms with van der Waals surface area (Å²) in [5, 5.41) is 5.87. The fourth-order valence-electron chi connectivity index (χ4n) is 1.41. The minimum absolute atomic E-state index is 0.157. The van der Waals surface area contributed by atoms with Crippen LogP contribution in [-0.4, -0.2) is 53.7 Å². The molecule has 0 saturated heterocycles. The quantitative estimate of drug-likeness (QED) is 0.713. The van der Waals surface area contributed by atoms with Crippen LogP contribution in [0, 0.1) is 0 Å². The standard InChI is InChI=1S/C14H28N2O3S2/c1-10(21-6)9-15-12(17)11(7-8-20-5)16-13(18)19-14(2,3)4/h10-11H,7-9H2,1-6H3,(H,15,17)(H,16,18). The van der Waals surface area contributed by atoms with Crippen molar-refractivity contribution in [2.24, 2.45) is 0 Å². The second kappa shape index (κ2) is 10.2. The number of nitrogens with one attached hydrogen (secondary N) is 2. The highest BCUT2D eigenvalue weighted by Crippen LogP contribution is 2.08. The van der Waals surface area contributed by atoms with Gasteiger partial charge in [0.2, 0.25) is 5.91 Å². The second-order valence-electron chi connectivity index (χ2n) is 5.77. The lowest BCUT2D eigenvalue weighted by atomic mass is 10.2. The summed E-state index contributed by atoms with van der Waals surface area (Å²) in [6.45, 7) is 8.02. The molecule has 0 aromatic carbocycles. The zero-order valence-corrected chi connectivity index (χ0v) is 15.5. The van der Waals surface area contributed by atoms with Gasteiger partial charge in [0.15, 0.2) is 0 Å². The fraction of sp³-hybridized carbons (Fsp3) is 0.857. The Bertz CT molecular complexity index is 333. The van der Waals surface area contributed by atoms with Gasteiger partial charge < -0.3 is 15.4 Å². The highest BCUT2D eigenvalue weighted by molar-refractivity contribution is 7.99. The maximum atomic E-state index is 12.2. The third kappa shape index (κ3) is 10.8. The number of carbonyl (C=O) groups excluding carboxylic acids is 2. The largest absolute Gasteiger partial charge is 0.444 e. The molecule has 0 aliphatic heterocycles. The summed E-state index contributed by atoms with van der Waals surface area (Å²) >= 11 is 3.33. The Hall–Kier alpha value is -0.560. The highest BCUT2D eigenvalue weighted by atomic mass is 32.2. The molecule has 0 fully saturated rings. The van der Waals surface area contributed by atoms with Crippen LogP contribution in [-0.2, 0) is 9.53 Å². The lowest BCUT2D eigenvalue weighted by Gasteiger charge is -2.23. The third-order valence-electron chi connectivity index (χ3n) is 2.58. The van der Waals surface area contributed by atoms with Crippen LogP contribution in [0.1, 0.15) is 34.1 Å². The van der Waals surface area contributed by atoms with Crippen LogP contribution in [0.3, 0.4) is 0 Å². The minimum atomic E-state index is -0.571. The highest BCUT2D eigenvalue weighted by Gasteiger charge is 2.24. The Labute approximate surface area is 136 Å². The van der Waals surface area contributed by atoms with E-state index in [-0.39, 0.29) is 5.91 Å². The average molecular weight is 337 g/mol. The first-order valence-corrected chi connectivity index (χ1v) is 9.66. The van der Waals surface area contributed by atoms with Crippen LogP contribution in [0.4, 0.5) is 4.79 Å².